The Kier molecular flexibility index (Phi) is 8.64. The van der Waals surface area contributed by atoms with Crippen molar-refractivity contribution >= 4 is 22.2 Å². The van der Waals surface area contributed by atoms with Crippen molar-refractivity contribution in [1.29, 1.82) is 0 Å². The molecule has 5 nitrogen and oxygen atoms in total. The molecule has 3 aromatic rings. The summed E-state index contributed by atoms with van der Waals surface area (Å²) in [7, 11) is 0. The molecule has 0 atom stereocenters. The Morgan fingerprint density at radius 3 is 2.54 bits per heavy atom. The minimum absolute atomic E-state index is 0.142. The van der Waals surface area contributed by atoms with Crippen LogP contribution in [0.2, 0.25) is 0 Å². The highest BCUT2D eigenvalue weighted by atomic mass is 32.1. The van der Waals surface area contributed by atoms with Gasteiger partial charge in [0.15, 0.2) is 5.13 Å². The number of nitrogens with one attached hydrogen (secondary N) is 1. The predicted octanol–water partition coefficient (Wildman–Crippen LogP) is 8.27. The van der Waals surface area contributed by atoms with Crippen LogP contribution in [0.1, 0.15) is 62.1 Å². The maximum Gasteiger partial charge on any atom is 0.420 e. The number of alkyl halides is 3. The molecule has 0 aliphatic carbocycles. The van der Waals surface area contributed by atoms with E-state index in [2.05, 4.69) is 17.2 Å². The van der Waals surface area contributed by atoms with Crippen molar-refractivity contribution in [3.8, 4) is 17.0 Å². The number of nitrogens with zero attached hydrogens (tertiary/aromatic N) is 1. The molecule has 0 amide bonds. The number of aromatic nitrogens is 1. The van der Waals surface area contributed by atoms with Gasteiger partial charge in [0.25, 0.3) is 0 Å². The highest BCUT2D eigenvalue weighted by molar-refractivity contribution is 7.14. The second-order valence-corrected chi connectivity index (χ2v) is 9.35. The van der Waals surface area contributed by atoms with Crippen LogP contribution in [0.3, 0.4) is 0 Å². The highest BCUT2D eigenvalue weighted by Crippen LogP contribution is 2.39. The molecule has 0 bridgehead atoms. The average Bonchev–Trinajstić information content (AvgIpc) is 3.31. The van der Waals surface area contributed by atoms with E-state index in [9.17, 15) is 13.2 Å². The molecule has 1 aliphatic rings. The number of unbranched alkanes of at least 4 members (excludes halogenated alkanes) is 5. The van der Waals surface area contributed by atoms with Crippen LogP contribution in [0.25, 0.3) is 11.3 Å². The Hall–Kier alpha value is -2.62. The van der Waals surface area contributed by atoms with Crippen LogP contribution in [-0.4, -0.2) is 11.6 Å². The standard InChI is InChI=1S/C26H29F3N2O3S/c1-2-3-4-5-6-7-12-32-24-11-10-21(14-22(24)26(27,28)29)30-25-31-23(17-35-25)18-8-9-19-15-33-34-16-20(19)13-18/h8-11,13-14,17H,2-7,12,15-16H2,1H3,(H,30,31). The van der Waals surface area contributed by atoms with Crippen molar-refractivity contribution in [2.45, 2.75) is 64.8 Å². The second kappa shape index (κ2) is 11.9. The largest absolute Gasteiger partial charge is 0.493 e. The number of ether oxygens (including phenoxy) is 1. The van der Waals surface area contributed by atoms with Crippen LogP contribution < -0.4 is 10.1 Å². The van der Waals surface area contributed by atoms with Gasteiger partial charge in [-0.05, 0) is 41.8 Å². The molecule has 0 fully saturated rings. The molecule has 9 heteroatoms. The van der Waals surface area contributed by atoms with Crippen LogP contribution in [0.15, 0.2) is 41.8 Å². The molecule has 35 heavy (non-hydrogen) atoms. The third-order valence-electron chi connectivity index (χ3n) is 5.81. The first kappa shape index (κ1) is 25.5. The summed E-state index contributed by atoms with van der Waals surface area (Å²) in [6.45, 7) is 3.19. The van der Waals surface area contributed by atoms with Gasteiger partial charge in [0.1, 0.15) is 19.0 Å². The second-order valence-electron chi connectivity index (χ2n) is 8.50. The first-order valence-electron chi connectivity index (χ1n) is 11.9. The van der Waals surface area contributed by atoms with Crippen LogP contribution in [0.5, 0.6) is 5.75 Å². The minimum Gasteiger partial charge on any atom is -0.493 e. The Morgan fingerprint density at radius 2 is 1.74 bits per heavy atom. The zero-order valence-corrected chi connectivity index (χ0v) is 20.4. The fourth-order valence-corrected chi connectivity index (χ4v) is 4.62. The lowest BCUT2D eigenvalue weighted by Crippen LogP contribution is -2.10. The lowest BCUT2D eigenvalue weighted by Gasteiger charge is -2.16. The molecule has 0 unspecified atom stereocenters. The van der Waals surface area contributed by atoms with E-state index in [4.69, 9.17) is 14.5 Å². The van der Waals surface area contributed by atoms with Gasteiger partial charge in [-0.3, -0.25) is 0 Å². The molecule has 2 aromatic carbocycles. The summed E-state index contributed by atoms with van der Waals surface area (Å²) in [5, 5.41) is 5.37. The molecule has 0 saturated heterocycles. The van der Waals surface area contributed by atoms with Crippen LogP contribution in [-0.2, 0) is 29.2 Å². The number of anilines is 2. The number of fused-ring (bicyclic) bond motifs is 1. The third-order valence-corrected chi connectivity index (χ3v) is 6.57. The summed E-state index contributed by atoms with van der Waals surface area (Å²) in [6.07, 6.45) is 1.76. The fraction of sp³-hybridized carbons (Fsp3) is 0.423. The number of hydrogen-bond donors (Lipinski definition) is 1. The van der Waals surface area contributed by atoms with Gasteiger partial charge >= 0.3 is 6.18 Å². The summed E-state index contributed by atoms with van der Waals surface area (Å²) >= 11 is 1.33. The van der Waals surface area contributed by atoms with Crippen molar-refractivity contribution < 1.29 is 27.7 Å². The van der Waals surface area contributed by atoms with Crippen molar-refractivity contribution in [1.82, 2.24) is 4.98 Å². The number of thiazole rings is 1. The van der Waals surface area contributed by atoms with Gasteiger partial charge in [-0.2, -0.15) is 13.2 Å². The van der Waals surface area contributed by atoms with Crippen molar-refractivity contribution in [2.75, 3.05) is 11.9 Å². The Labute approximate surface area is 207 Å². The van der Waals surface area contributed by atoms with Gasteiger partial charge in [-0.1, -0.05) is 51.2 Å². The molecule has 0 spiro atoms. The minimum atomic E-state index is -4.52. The van der Waals surface area contributed by atoms with Gasteiger partial charge in [0.2, 0.25) is 0 Å². The number of halogens is 3. The smallest absolute Gasteiger partial charge is 0.420 e. The lowest BCUT2D eigenvalue weighted by molar-refractivity contribution is -0.322. The zero-order valence-electron chi connectivity index (χ0n) is 19.6. The molecule has 1 aliphatic heterocycles. The summed E-state index contributed by atoms with van der Waals surface area (Å²) in [4.78, 5) is 14.6. The molecule has 0 radical (unpaired) electrons. The molecule has 4 rings (SSSR count). The number of benzene rings is 2. The quantitative estimate of drug-likeness (QED) is 0.209. The maximum atomic E-state index is 13.7. The summed E-state index contributed by atoms with van der Waals surface area (Å²) in [5.41, 5.74) is 3.26. The van der Waals surface area contributed by atoms with Crippen molar-refractivity contribution in [3.63, 3.8) is 0 Å². The Balaban J connectivity index is 1.41. The van der Waals surface area contributed by atoms with E-state index in [-0.39, 0.29) is 12.4 Å². The fourth-order valence-electron chi connectivity index (χ4n) is 3.88. The first-order valence-corrected chi connectivity index (χ1v) is 12.7. The van der Waals surface area contributed by atoms with E-state index in [1.165, 1.54) is 23.8 Å². The lowest BCUT2D eigenvalue weighted by atomic mass is 10.0. The zero-order chi connectivity index (χ0) is 24.7. The summed E-state index contributed by atoms with van der Waals surface area (Å²) < 4.78 is 46.6. The molecular formula is C26H29F3N2O3S. The van der Waals surface area contributed by atoms with Gasteiger partial charge in [0, 0.05) is 16.6 Å². The van der Waals surface area contributed by atoms with Gasteiger partial charge in [-0.15, -0.1) is 11.3 Å². The van der Waals surface area contributed by atoms with E-state index in [1.54, 1.807) is 6.07 Å². The topological polar surface area (TPSA) is 52.6 Å². The normalized spacial score (nSPS) is 13.5. The molecule has 2 heterocycles. The third kappa shape index (κ3) is 6.96. The van der Waals surface area contributed by atoms with Gasteiger partial charge in [0.05, 0.1) is 17.9 Å². The van der Waals surface area contributed by atoms with Crippen molar-refractivity contribution in [3.05, 3.63) is 58.5 Å². The van der Waals surface area contributed by atoms with E-state index in [0.717, 1.165) is 60.6 Å². The molecule has 1 N–H and O–H groups in total. The predicted molar refractivity (Wildman–Crippen MR) is 131 cm³/mol. The Morgan fingerprint density at radius 1 is 0.971 bits per heavy atom. The van der Waals surface area contributed by atoms with E-state index < -0.39 is 11.7 Å². The van der Waals surface area contributed by atoms with Gasteiger partial charge < -0.3 is 10.1 Å². The van der Waals surface area contributed by atoms with Crippen molar-refractivity contribution in [2.24, 2.45) is 0 Å². The van der Waals surface area contributed by atoms with E-state index >= 15 is 0 Å². The summed E-state index contributed by atoms with van der Waals surface area (Å²) in [5.74, 6) is -0.142. The highest BCUT2D eigenvalue weighted by Gasteiger charge is 2.34. The van der Waals surface area contributed by atoms with E-state index in [0.29, 0.717) is 24.0 Å². The van der Waals surface area contributed by atoms with Crippen LogP contribution in [0, 0.1) is 0 Å². The van der Waals surface area contributed by atoms with Crippen LogP contribution >= 0.6 is 11.3 Å². The monoisotopic (exact) mass is 506 g/mol. The molecule has 1 aromatic heterocycles. The number of rotatable bonds is 11. The average molecular weight is 507 g/mol. The summed E-state index contributed by atoms with van der Waals surface area (Å²) in [6, 6.07) is 9.96. The first-order chi connectivity index (χ1) is 16.9. The maximum absolute atomic E-state index is 13.7. The number of hydrogen-bond acceptors (Lipinski definition) is 6. The van der Waals surface area contributed by atoms with Gasteiger partial charge in [-0.25, -0.2) is 14.8 Å². The van der Waals surface area contributed by atoms with Crippen LogP contribution in [0.4, 0.5) is 24.0 Å². The molecular weight excluding hydrogens is 477 g/mol. The SMILES string of the molecule is CCCCCCCCOc1ccc(Nc2nc(-c3ccc4c(c3)COOC4)cs2)cc1C(F)(F)F. The Bertz CT molecular complexity index is 1120. The molecule has 0 saturated carbocycles. The van der Waals surface area contributed by atoms with E-state index in [1.807, 2.05) is 23.6 Å². The molecule has 188 valence electrons.